The van der Waals surface area contributed by atoms with E-state index in [-0.39, 0.29) is 5.91 Å². The van der Waals surface area contributed by atoms with Crippen LogP contribution in [0.2, 0.25) is 0 Å². The van der Waals surface area contributed by atoms with Gasteiger partial charge in [-0.05, 0) is 11.1 Å². The van der Waals surface area contributed by atoms with Crippen LogP contribution in [0.5, 0.6) is 0 Å². The third kappa shape index (κ3) is 3.11. The quantitative estimate of drug-likeness (QED) is 0.833. The molecular weight excluding hydrogens is 228 g/mol. The van der Waals surface area contributed by atoms with Gasteiger partial charge in [0, 0.05) is 25.5 Å². The predicted octanol–water partition coefficient (Wildman–Crippen LogP) is 0.865. The summed E-state index contributed by atoms with van der Waals surface area (Å²) in [6.07, 6.45) is 4.36. The third-order valence-corrected chi connectivity index (χ3v) is 2.53. The number of carbonyl (C=O) groups excluding carboxylic acids is 1. The standard InChI is InChI=1S/C13H14N4O/c14-5-10-1-3-11(4-2-10)6-17-13(18)12-7-15-9-16-8-12/h1-4,7-9H,5-6,14H2,(H,17,18). The van der Waals surface area contributed by atoms with Gasteiger partial charge in [0.25, 0.3) is 5.91 Å². The zero-order valence-electron chi connectivity index (χ0n) is 9.84. The summed E-state index contributed by atoms with van der Waals surface area (Å²) in [5.74, 6) is -0.182. The van der Waals surface area contributed by atoms with Crippen molar-refractivity contribution >= 4 is 5.91 Å². The first-order valence-corrected chi connectivity index (χ1v) is 5.60. The fourth-order valence-corrected chi connectivity index (χ4v) is 1.49. The molecule has 1 amide bonds. The maximum atomic E-state index is 11.7. The first-order valence-electron chi connectivity index (χ1n) is 5.60. The van der Waals surface area contributed by atoms with Crippen molar-refractivity contribution in [2.75, 3.05) is 0 Å². The average molecular weight is 242 g/mol. The molecule has 5 nitrogen and oxygen atoms in total. The van der Waals surface area contributed by atoms with E-state index in [1.165, 1.54) is 18.7 Å². The molecule has 18 heavy (non-hydrogen) atoms. The van der Waals surface area contributed by atoms with Crippen molar-refractivity contribution in [1.29, 1.82) is 0 Å². The molecule has 5 heteroatoms. The summed E-state index contributed by atoms with van der Waals surface area (Å²) in [4.78, 5) is 19.3. The van der Waals surface area contributed by atoms with Crippen molar-refractivity contribution in [3.05, 3.63) is 59.7 Å². The van der Waals surface area contributed by atoms with Crippen molar-refractivity contribution in [3.63, 3.8) is 0 Å². The van der Waals surface area contributed by atoms with E-state index in [1.54, 1.807) is 0 Å². The normalized spacial score (nSPS) is 10.1. The molecule has 0 atom stereocenters. The van der Waals surface area contributed by atoms with Crippen LogP contribution >= 0.6 is 0 Å². The number of nitrogens with one attached hydrogen (secondary N) is 1. The molecule has 0 saturated carbocycles. The van der Waals surface area contributed by atoms with Crippen LogP contribution in [0.25, 0.3) is 0 Å². The lowest BCUT2D eigenvalue weighted by Crippen LogP contribution is -2.23. The minimum Gasteiger partial charge on any atom is -0.348 e. The van der Waals surface area contributed by atoms with Crippen LogP contribution in [0.4, 0.5) is 0 Å². The zero-order valence-corrected chi connectivity index (χ0v) is 9.84. The van der Waals surface area contributed by atoms with Gasteiger partial charge in [-0.3, -0.25) is 4.79 Å². The molecule has 2 rings (SSSR count). The van der Waals surface area contributed by atoms with Gasteiger partial charge in [0.15, 0.2) is 0 Å². The van der Waals surface area contributed by atoms with E-state index in [2.05, 4.69) is 15.3 Å². The molecule has 0 bridgehead atoms. The molecule has 1 aromatic carbocycles. The molecule has 1 aromatic heterocycles. The summed E-state index contributed by atoms with van der Waals surface area (Å²) in [5, 5.41) is 2.80. The number of nitrogens with zero attached hydrogens (tertiary/aromatic N) is 2. The second-order valence-corrected chi connectivity index (χ2v) is 3.83. The molecule has 0 aliphatic rings. The Hall–Kier alpha value is -2.27. The molecule has 2 aromatic rings. The first-order chi connectivity index (χ1) is 8.79. The Labute approximate surface area is 105 Å². The van der Waals surface area contributed by atoms with E-state index >= 15 is 0 Å². The highest BCUT2D eigenvalue weighted by Gasteiger charge is 2.04. The van der Waals surface area contributed by atoms with Crippen molar-refractivity contribution in [3.8, 4) is 0 Å². The average Bonchev–Trinajstić information content (AvgIpc) is 2.46. The van der Waals surface area contributed by atoms with Gasteiger partial charge in [-0.25, -0.2) is 9.97 Å². The third-order valence-electron chi connectivity index (χ3n) is 2.53. The van der Waals surface area contributed by atoms with E-state index in [0.717, 1.165) is 11.1 Å². The lowest BCUT2D eigenvalue weighted by Gasteiger charge is -2.05. The zero-order chi connectivity index (χ0) is 12.8. The van der Waals surface area contributed by atoms with E-state index < -0.39 is 0 Å². The molecule has 1 heterocycles. The fourth-order valence-electron chi connectivity index (χ4n) is 1.49. The number of benzene rings is 1. The van der Waals surface area contributed by atoms with Crippen molar-refractivity contribution in [1.82, 2.24) is 15.3 Å². The van der Waals surface area contributed by atoms with Crippen molar-refractivity contribution in [2.45, 2.75) is 13.1 Å². The first kappa shape index (κ1) is 12.2. The van der Waals surface area contributed by atoms with Crippen LogP contribution < -0.4 is 11.1 Å². The van der Waals surface area contributed by atoms with Crippen LogP contribution in [0.1, 0.15) is 21.5 Å². The molecule has 0 spiro atoms. The maximum Gasteiger partial charge on any atom is 0.254 e. The van der Waals surface area contributed by atoms with Gasteiger partial charge in [-0.15, -0.1) is 0 Å². The van der Waals surface area contributed by atoms with Gasteiger partial charge in [0.2, 0.25) is 0 Å². The Morgan fingerprint density at radius 2 is 1.72 bits per heavy atom. The summed E-state index contributed by atoms with van der Waals surface area (Å²) in [6, 6.07) is 7.80. The lowest BCUT2D eigenvalue weighted by molar-refractivity contribution is 0.0950. The molecule has 92 valence electrons. The highest BCUT2D eigenvalue weighted by Crippen LogP contribution is 2.04. The summed E-state index contributed by atoms with van der Waals surface area (Å²) in [7, 11) is 0. The fraction of sp³-hybridized carbons (Fsp3) is 0.154. The molecule has 0 radical (unpaired) electrons. The number of hydrogen-bond acceptors (Lipinski definition) is 4. The van der Waals surface area contributed by atoms with Crippen molar-refractivity contribution in [2.24, 2.45) is 5.73 Å². The van der Waals surface area contributed by atoms with E-state index in [9.17, 15) is 4.79 Å². The van der Waals surface area contributed by atoms with E-state index in [1.807, 2.05) is 24.3 Å². The highest BCUT2D eigenvalue weighted by molar-refractivity contribution is 5.93. The van der Waals surface area contributed by atoms with Crippen LogP contribution in [-0.2, 0) is 13.1 Å². The lowest BCUT2D eigenvalue weighted by atomic mass is 10.1. The smallest absolute Gasteiger partial charge is 0.254 e. The predicted molar refractivity (Wildman–Crippen MR) is 67.5 cm³/mol. The Morgan fingerprint density at radius 3 is 2.33 bits per heavy atom. The molecule has 0 aliphatic heterocycles. The SMILES string of the molecule is NCc1ccc(CNC(=O)c2cncnc2)cc1. The number of rotatable bonds is 4. The molecule has 0 fully saturated rings. The second-order valence-electron chi connectivity index (χ2n) is 3.83. The summed E-state index contributed by atoms with van der Waals surface area (Å²) in [5.41, 5.74) is 8.07. The van der Waals surface area contributed by atoms with Gasteiger partial charge in [-0.1, -0.05) is 24.3 Å². The number of amides is 1. The van der Waals surface area contributed by atoms with E-state index in [0.29, 0.717) is 18.7 Å². The van der Waals surface area contributed by atoms with E-state index in [4.69, 9.17) is 5.73 Å². The Morgan fingerprint density at radius 1 is 1.11 bits per heavy atom. The molecule has 0 aliphatic carbocycles. The molecule has 0 unspecified atom stereocenters. The number of hydrogen-bond donors (Lipinski definition) is 2. The summed E-state index contributed by atoms with van der Waals surface area (Å²) >= 11 is 0. The van der Waals surface area contributed by atoms with Gasteiger partial charge in [0.05, 0.1) is 5.56 Å². The molecule has 3 N–H and O–H groups in total. The van der Waals surface area contributed by atoms with Crippen molar-refractivity contribution < 1.29 is 4.79 Å². The number of carbonyl (C=O) groups is 1. The monoisotopic (exact) mass is 242 g/mol. The maximum absolute atomic E-state index is 11.7. The summed E-state index contributed by atoms with van der Waals surface area (Å²) in [6.45, 7) is 0.993. The van der Waals surface area contributed by atoms with Gasteiger partial charge in [-0.2, -0.15) is 0 Å². The van der Waals surface area contributed by atoms with Crippen LogP contribution in [-0.4, -0.2) is 15.9 Å². The largest absolute Gasteiger partial charge is 0.348 e. The topological polar surface area (TPSA) is 80.9 Å². The number of aromatic nitrogens is 2. The van der Waals surface area contributed by atoms with Gasteiger partial charge in [0.1, 0.15) is 6.33 Å². The van der Waals surface area contributed by atoms with Crippen LogP contribution in [0, 0.1) is 0 Å². The minimum absolute atomic E-state index is 0.182. The van der Waals surface area contributed by atoms with Gasteiger partial charge >= 0.3 is 0 Å². The van der Waals surface area contributed by atoms with Gasteiger partial charge < -0.3 is 11.1 Å². The van der Waals surface area contributed by atoms with Crippen LogP contribution in [0.3, 0.4) is 0 Å². The van der Waals surface area contributed by atoms with Crippen LogP contribution in [0.15, 0.2) is 43.0 Å². The molecular formula is C13H14N4O. The number of nitrogens with two attached hydrogens (primary N) is 1. The Bertz CT molecular complexity index is 510. The summed E-state index contributed by atoms with van der Waals surface area (Å²) < 4.78 is 0. The molecule has 0 saturated heterocycles. The second kappa shape index (κ2) is 5.88. The minimum atomic E-state index is -0.182. The Balaban J connectivity index is 1.93. The Kier molecular flexibility index (Phi) is 3.98. The highest BCUT2D eigenvalue weighted by atomic mass is 16.1.